The monoisotopic (exact) mass is 660 g/mol. The predicted octanol–water partition coefficient (Wildman–Crippen LogP) is 6.69. The molecule has 2 aliphatic rings. The van der Waals surface area contributed by atoms with E-state index in [0.717, 1.165) is 42.0 Å². The average Bonchev–Trinajstić information content (AvgIpc) is 3.64. The van der Waals surface area contributed by atoms with E-state index in [-0.39, 0.29) is 51.9 Å². The van der Waals surface area contributed by atoms with E-state index in [2.05, 4.69) is 0 Å². The molecule has 248 valence electrons. The molecule has 2 fully saturated rings. The Morgan fingerprint density at radius 3 is 1.69 bits per heavy atom. The van der Waals surface area contributed by atoms with Crippen molar-refractivity contribution in [3.8, 4) is 11.5 Å². The summed E-state index contributed by atoms with van der Waals surface area (Å²) in [6.07, 6.45) is -2.16. The fourth-order valence-electron chi connectivity index (χ4n) is 3.76. The molecule has 9 nitrogen and oxygen atoms in total. The predicted molar refractivity (Wildman–Crippen MR) is 173 cm³/mol. The highest BCUT2D eigenvalue weighted by Crippen LogP contribution is 2.25. The molecule has 45 heavy (non-hydrogen) atoms. The lowest BCUT2D eigenvalue weighted by Gasteiger charge is -2.17. The van der Waals surface area contributed by atoms with Crippen LogP contribution in [0.4, 0.5) is 0 Å². The van der Waals surface area contributed by atoms with Crippen molar-refractivity contribution in [2.75, 3.05) is 26.3 Å². The van der Waals surface area contributed by atoms with Gasteiger partial charge in [-0.15, -0.1) is 0 Å². The van der Waals surface area contributed by atoms with Crippen LogP contribution in [-0.4, -0.2) is 63.6 Å². The number of hydrogen-bond donors (Lipinski definition) is 1. The molecule has 3 aromatic carbocycles. The van der Waals surface area contributed by atoms with Crippen LogP contribution in [0.25, 0.3) is 0 Å². The van der Waals surface area contributed by atoms with Gasteiger partial charge in [-0.25, -0.2) is 0 Å². The van der Waals surface area contributed by atoms with E-state index < -0.39 is 74.4 Å². The first kappa shape index (κ1) is 19.6. The van der Waals surface area contributed by atoms with Gasteiger partial charge in [0, 0.05) is 16.4 Å². The van der Waals surface area contributed by atoms with Crippen LogP contribution in [-0.2, 0) is 33.2 Å². The van der Waals surface area contributed by atoms with Gasteiger partial charge in [-0.1, -0.05) is 29.8 Å². The number of benzene rings is 3. The fourth-order valence-corrected chi connectivity index (χ4v) is 4.56. The quantitative estimate of drug-likeness (QED) is 0.277. The van der Waals surface area contributed by atoms with E-state index in [1.807, 2.05) is 6.92 Å². The lowest BCUT2D eigenvalue weighted by molar-refractivity contribution is -0.141. The van der Waals surface area contributed by atoms with Gasteiger partial charge >= 0.3 is 0 Å². The van der Waals surface area contributed by atoms with Gasteiger partial charge in [0.05, 0.1) is 30.2 Å². The Balaban J connectivity index is 0.000000252. The number of rotatable bonds is 7. The molecular weight excluding hydrogens is 596 g/mol. The topological polar surface area (TPSA) is 110 Å². The van der Waals surface area contributed by atoms with E-state index in [1.165, 1.54) is 12.1 Å². The zero-order valence-electron chi connectivity index (χ0n) is 41.5. The van der Waals surface area contributed by atoms with Gasteiger partial charge < -0.3 is 28.8 Å². The molecule has 0 saturated carbocycles. The van der Waals surface area contributed by atoms with Gasteiger partial charge in [-0.05, 0) is 121 Å². The molecule has 2 aliphatic heterocycles. The molecule has 10 heteroatoms. The zero-order chi connectivity index (χ0) is 47.0. The Morgan fingerprint density at radius 1 is 0.778 bits per heavy atom. The highest BCUT2D eigenvalue weighted by atomic mass is 32.2. The number of aryl methyl sites for hydroxylation is 5. The Morgan fingerprint density at radius 2 is 1.24 bits per heavy atom. The third kappa shape index (κ3) is 12.7. The van der Waals surface area contributed by atoms with E-state index in [4.69, 9.17) is 49.8 Å². The van der Waals surface area contributed by atoms with Crippen molar-refractivity contribution < 1.29 is 63.3 Å². The largest absolute Gasteiger partial charge is 0.508 e. The molecule has 0 bridgehead atoms. The number of phenols is 1. The van der Waals surface area contributed by atoms with Crippen LogP contribution in [0.3, 0.4) is 0 Å². The van der Waals surface area contributed by atoms with E-state index in [0.29, 0.717) is 0 Å². The first-order valence-electron chi connectivity index (χ1n) is 21.6. The van der Waals surface area contributed by atoms with Crippen molar-refractivity contribution in [2.45, 2.75) is 90.7 Å². The van der Waals surface area contributed by atoms with Crippen LogP contribution in [0.5, 0.6) is 11.5 Å². The van der Waals surface area contributed by atoms with Gasteiger partial charge in [0.15, 0.2) is 11.6 Å². The second-order valence-corrected chi connectivity index (χ2v) is 12.4. The minimum absolute atomic E-state index is 0.0505. The van der Waals surface area contributed by atoms with Crippen LogP contribution in [0.15, 0.2) is 65.6 Å². The Kier molecular flexibility index (Phi) is 6.77. The Bertz CT molecular complexity index is 2010. The zero-order valence-corrected chi connectivity index (χ0v) is 26.3. The second kappa shape index (κ2) is 15.5. The second-order valence-electron chi connectivity index (χ2n) is 10.8. The SMILES string of the molecule is [2H]C([2H])(OS(=O)(=O)c1ccc(C)cc1)C1COC(C)(C)O1.[2H]C([2H])([2H])c1cc(O)cc(C([2H])([2H])[2H])c1.[2H]C([2H])([2H])c1cc(OC([2H])([2H])C2COC(C)(C)O2)cc(C([2H])([2H])[2H])c1. The Hall–Kier alpha value is -2.99. The van der Waals surface area contributed by atoms with Gasteiger partial charge in [0.1, 0.15) is 30.3 Å². The highest BCUT2D eigenvalue weighted by molar-refractivity contribution is 7.86. The first-order chi connectivity index (χ1) is 27.2. The molecule has 0 aliphatic carbocycles. The van der Waals surface area contributed by atoms with E-state index in [9.17, 15) is 13.5 Å². The van der Waals surface area contributed by atoms with E-state index in [1.54, 1.807) is 39.8 Å². The van der Waals surface area contributed by atoms with Gasteiger partial charge in [0.25, 0.3) is 10.1 Å². The molecule has 0 spiro atoms. The van der Waals surface area contributed by atoms with Crippen molar-refractivity contribution in [3.05, 3.63) is 88.5 Å². The number of hydrogen-bond acceptors (Lipinski definition) is 9. The summed E-state index contributed by atoms with van der Waals surface area (Å²) in [5, 5.41) is 9.22. The highest BCUT2D eigenvalue weighted by Gasteiger charge is 2.34. The standard InChI is InChI=1S/C14H20O3.C13H18O5S.C8H10O/c1-10-5-11(2)7-12(6-10)15-8-13-9-16-14(3,4)17-13;1-10-4-6-12(7-5-10)19(14,15)17-9-11-8-16-13(2,3)18-11;1-6-3-7(2)5-8(9)4-6/h5-7,13H,8-9H2,1-4H3;4-7,11H,8-9H2,1-3H3;3-5,9H,1-2H3/i1D3,2D3,8D2;9D2;1D3,2D3. The normalized spacial score (nSPS) is 27.0. The molecule has 1 N–H and O–H groups in total. The van der Waals surface area contributed by atoms with Crippen LogP contribution in [0, 0.1) is 34.3 Å². The van der Waals surface area contributed by atoms with Crippen LogP contribution in [0.2, 0.25) is 0 Å². The van der Waals surface area contributed by atoms with Gasteiger partial charge in [-0.3, -0.25) is 4.18 Å². The third-order valence-corrected chi connectivity index (χ3v) is 6.91. The Labute approximate surface area is 291 Å². The summed E-state index contributed by atoms with van der Waals surface area (Å²) in [7, 11) is -4.22. The van der Waals surface area contributed by atoms with Gasteiger partial charge in [0.2, 0.25) is 0 Å². The van der Waals surface area contributed by atoms with Crippen LogP contribution < -0.4 is 4.74 Å². The molecule has 2 atom stereocenters. The molecule has 0 amide bonds. The maximum Gasteiger partial charge on any atom is 0.297 e. The molecule has 3 aromatic rings. The maximum atomic E-state index is 12.1. The third-order valence-electron chi connectivity index (χ3n) is 5.75. The molecule has 2 saturated heterocycles. The molecule has 2 heterocycles. The summed E-state index contributed by atoms with van der Waals surface area (Å²) in [5.41, 5.74) is 0.0696. The van der Waals surface area contributed by atoms with Crippen molar-refractivity contribution >= 4 is 10.1 Å². The first-order valence-corrected chi connectivity index (χ1v) is 15.0. The summed E-state index contributed by atoms with van der Waals surface area (Å²) in [6.45, 7) is -6.60. The maximum absolute atomic E-state index is 12.1. The molecule has 2 unspecified atom stereocenters. The number of phenolic OH excluding ortho intramolecular Hbond substituents is 1. The van der Waals surface area contributed by atoms with Crippen LogP contribution >= 0.6 is 0 Å². The average molecular weight is 661 g/mol. The lowest BCUT2D eigenvalue weighted by atomic mass is 10.1. The summed E-state index contributed by atoms with van der Waals surface area (Å²) in [4.78, 5) is -0.102. The summed E-state index contributed by atoms with van der Waals surface area (Å²) < 4.78 is 175. The smallest absolute Gasteiger partial charge is 0.297 e. The lowest BCUT2D eigenvalue weighted by Crippen LogP contribution is -2.25. The van der Waals surface area contributed by atoms with Crippen molar-refractivity contribution in [2.24, 2.45) is 0 Å². The minimum atomic E-state index is -4.22. The van der Waals surface area contributed by atoms with Crippen molar-refractivity contribution in [3.63, 3.8) is 0 Å². The molecular formula is C35H48O9S. The van der Waals surface area contributed by atoms with Crippen molar-refractivity contribution in [1.29, 1.82) is 0 Å². The summed E-state index contributed by atoms with van der Waals surface area (Å²) in [5.74, 6) is -2.48. The molecule has 0 aromatic heterocycles. The summed E-state index contributed by atoms with van der Waals surface area (Å²) in [6, 6.07) is 12.4. The molecule has 5 rings (SSSR count). The molecule has 0 radical (unpaired) electrons. The number of ether oxygens (including phenoxy) is 5. The van der Waals surface area contributed by atoms with Crippen molar-refractivity contribution in [1.82, 2.24) is 0 Å². The fraction of sp³-hybridized carbons (Fsp3) is 0.486. The van der Waals surface area contributed by atoms with Crippen LogP contribution in [0.1, 0.15) is 77.4 Å². The van der Waals surface area contributed by atoms with Gasteiger partial charge in [-0.2, -0.15) is 8.42 Å². The summed E-state index contributed by atoms with van der Waals surface area (Å²) >= 11 is 0. The minimum Gasteiger partial charge on any atom is -0.508 e. The number of aromatic hydroxyl groups is 1. The van der Waals surface area contributed by atoms with E-state index >= 15 is 0 Å².